The van der Waals surface area contributed by atoms with E-state index >= 15 is 0 Å². The zero-order valence-electron chi connectivity index (χ0n) is 12.3. The largest absolute Gasteiger partial charge is 0.481 e. The van der Waals surface area contributed by atoms with Crippen LogP contribution in [0.1, 0.15) is 39.0 Å². The molecule has 2 aliphatic heterocycles. The summed E-state index contributed by atoms with van der Waals surface area (Å²) in [4.78, 5) is 27.1. The number of nitrogens with one attached hydrogen (secondary N) is 1. The molecule has 0 radical (unpaired) electrons. The highest BCUT2D eigenvalue weighted by Gasteiger charge is 2.36. The fourth-order valence-corrected chi connectivity index (χ4v) is 3.21. The van der Waals surface area contributed by atoms with Gasteiger partial charge in [0.25, 0.3) is 0 Å². The highest BCUT2D eigenvalue weighted by Crippen LogP contribution is 2.28. The van der Waals surface area contributed by atoms with Gasteiger partial charge in [0.2, 0.25) is 0 Å². The number of nitrogens with zero attached hydrogens (tertiary/aromatic N) is 2. The van der Waals surface area contributed by atoms with E-state index in [4.69, 9.17) is 5.11 Å². The lowest BCUT2D eigenvalue weighted by molar-refractivity contribution is -0.137. The zero-order chi connectivity index (χ0) is 14.7. The molecule has 6 nitrogen and oxygen atoms in total. The van der Waals surface area contributed by atoms with Gasteiger partial charge in [-0.2, -0.15) is 0 Å². The third kappa shape index (κ3) is 3.62. The molecule has 2 aliphatic rings. The van der Waals surface area contributed by atoms with Gasteiger partial charge in [0.05, 0.1) is 0 Å². The standard InChI is InChI=1S/C14H25N3O3/c1-10(3-6-13(18)19)15-14(20)17-8-7-11-4-5-12(9-17)16(11)2/h10-12H,3-9H2,1-2H3,(H,15,20)(H,18,19). The van der Waals surface area contributed by atoms with Crippen molar-refractivity contribution in [3.8, 4) is 0 Å². The first kappa shape index (κ1) is 15.1. The lowest BCUT2D eigenvalue weighted by atomic mass is 10.1. The van der Waals surface area contributed by atoms with Crippen molar-refractivity contribution in [3.63, 3.8) is 0 Å². The van der Waals surface area contributed by atoms with Crippen LogP contribution in [0.2, 0.25) is 0 Å². The smallest absolute Gasteiger partial charge is 0.317 e. The molecule has 2 bridgehead atoms. The molecule has 2 rings (SSSR count). The van der Waals surface area contributed by atoms with Gasteiger partial charge in [-0.05, 0) is 39.7 Å². The van der Waals surface area contributed by atoms with E-state index < -0.39 is 5.97 Å². The third-order valence-corrected chi connectivity index (χ3v) is 4.60. The molecule has 2 amide bonds. The molecule has 0 aromatic heterocycles. The number of carboxylic acids is 1. The zero-order valence-corrected chi connectivity index (χ0v) is 12.3. The van der Waals surface area contributed by atoms with E-state index in [-0.39, 0.29) is 18.5 Å². The maximum Gasteiger partial charge on any atom is 0.317 e. The Morgan fingerprint density at radius 1 is 1.30 bits per heavy atom. The van der Waals surface area contributed by atoms with Gasteiger partial charge in [-0.3, -0.25) is 9.69 Å². The molecule has 2 saturated heterocycles. The number of carbonyl (C=O) groups is 2. The second-order valence-corrected chi connectivity index (χ2v) is 6.07. The number of likely N-dealkylation sites (N-methyl/N-ethyl adjacent to an activating group) is 1. The van der Waals surface area contributed by atoms with Gasteiger partial charge in [-0.25, -0.2) is 4.79 Å². The van der Waals surface area contributed by atoms with E-state index in [1.54, 1.807) is 0 Å². The maximum absolute atomic E-state index is 12.2. The Hall–Kier alpha value is -1.30. The van der Waals surface area contributed by atoms with Gasteiger partial charge in [0, 0.05) is 37.6 Å². The van der Waals surface area contributed by atoms with E-state index in [9.17, 15) is 9.59 Å². The Balaban J connectivity index is 1.82. The van der Waals surface area contributed by atoms with Crippen LogP contribution in [0.15, 0.2) is 0 Å². The van der Waals surface area contributed by atoms with Crippen LogP contribution in [0, 0.1) is 0 Å². The predicted octanol–water partition coefficient (Wildman–Crippen LogP) is 1.12. The molecule has 0 aromatic rings. The summed E-state index contributed by atoms with van der Waals surface area (Å²) >= 11 is 0. The normalized spacial score (nSPS) is 28.0. The summed E-state index contributed by atoms with van der Waals surface area (Å²) in [6.07, 6.45) is 4.00. The number of aliphatic carboxylic acids is 1. The summed E-state index contributed by atoms with van der Waals surface area (Å²) in [5.74, 6) is -0.820. The number of rotatable bonds is 4. The first-order valence-corrected chi connectivity index (χ1v) is 7.46. The second-order valence-electron chi connectivity index (χ2n) is 6.07. The summed E-state index contributed by atoms with van der Waals surface area (Å²) in [6.45, 7) is 3.43. The molecule has 0 aliphatic carbocycles. The van der Waals surface area contributed by atoms with E-state index in [0.717, 1.165) is 19.5 Å². The number of hydrogen-bond donors (Lipinski definition) is 2. The van der Waals surface area contributed by atoms with Crippen LogP contribution in [-0.4, -0.2) is 65.2 Å². The minimum absolute atomic E-state index is 0.0520. The van der Waals surface area contributed by atoms with Crippen molar-refractivity contribution in [2.75, 3.05) is 20.1 Å². The number of urea groups is 1. The van der Waals surface area contributed by atoms with Gasteiger partial charge in [-0.1, -0.05) is 0 Å². The van der Waals surface area contributed by atoms with Gasteiger partial charge in [-0.15, -0.1) is 0 Å². The second kappa shape index (κ2) is 6.43. The summed E-state index contributed by atoms with van der Waals surface area (Å²) in [7, 11) is 2.15. The molecule has 0 saturated carbocycles. The molecule has 3 atom stereocenters. The Labute approximate surface area is 120 Å². The minimum Gasteiger partial charge on any atom is -0.481 e. The highest BCUT2D eigenvalue weighted by molar-refractivity contribution is 5.74. The molecule has 3 unspecified atom stereocenters. The average molecular weight is 283 g/mol. The van der Waals surface area contributed by atoms with Gasteiger partial charge >= 0.3 is 12.0 Å². The monoisotopic (exact) mass is 283 g/mol. The van der Waals surface area contributed by atoms with Crippen LogP contribution < -0.4 is 5.32 Å². The molecule has 0 aromatic carbocycles. The van der Waals surface area contributed by atoms with Crippen molar-refractivity contribution < 1.29 is 14.7 Å². The quantitative estimate of drug-likeness (QED) is 0.811. The summed E-state index contributed by atoms with van der Waals surface area (Å²) in [6, 6.07) is 0.936. The molecule has 20 heavy (non-hydrogen) atoms. The van der Waals surface area contributed by atoms with Crippen molar-refractivity contribution in [3.05, 3.63) is 0 Å². The SMILES string of the molecule is CC(CCC(=O)O)NC(=O)N1CCC2CCC(C1)N2C. The molecule has 2 fully saturated rings. The van der Waals surface area contributed by atoms with Crippen molar-refractivity contribution in [1.29, 1.82) is 0 Å². The predicted molar refractivity (Wildman–Crippen MR) is 75.6 cm³/mol. The molecular formula is C14H25N3O3. The molecular weight excluding hydrogens is 258 g/mol. The minimum atomic E-state index is -0.820. The number of carbonyl (C=O) groups excluding carboxylic acids is 1. The molecule has 114 valence electrons. The van der Waals surface area contributed by atoms with Gasteiger partial charge in [0.15, 0.2) is 0 Å². The first-order chi connectivity index (χ1) is 9.47. The molecule has 2 heterocycles. The van der Waals surface area contributed by atoms with Crippen molar-refractivity contribution >= 4 is 12.0 Å². The Morgan fingerprint density at radius 2 is 2.00 bits per heavy atom. The van der Waals surface area contributed by atoms with Crippen LogP contribution >= 0.6 is 0 Å². The lowest BCUT2D eigenvalue weighted by Crippen LogP contribution is -2.47. The summed E-state index contributed by atoms with van der Waals surface area (Å²) in [5, 5.41) is 11.6. The number of amides is 2. The molecule has 6 heteroatoms. The number of fused-ring (bicyclic) bond motifs is 2. The fourth-order valence-electron chi connectivity index (χ4n) is 3.21. The van der Waals surface area contributed by atoms with Crippen LogP contribution in [-0.2, 0) is 4.79 Å². The topological polar surface area (TPSA) is 72.9 Å². The van der Waals surface area contributed by atoms with Crippen molar-refractivity contribution in [1.82, 2.24) is 15.1 Å². The Bertz CT molecular complexity index is 375. The summed E-state index contributed by atoms with van der Waals surface area (Å²) in [5.41, 5.74) is 0. The number of likely N-dealkylation sites (tertiary alicyclic amines) is 1. The lowest BCUT2D eigenvalue weighted by Gasteiger charge is -2.27. The van der Waals surface area contributed by atoms with Gasteiger partial charge in [0.1, 0.15) is 0 Å². The van der Waals surface area contributed by atoms with Crippen molar-refractivity contribution in [2.24, 2.45) is 0 Å². The maximum atomic E-state index is 12.2. The fraction of sp³-hybridized carbons (Fsp3) is 0.857. The van der Waals surface area contributed by atoms with Crippen molar-refractivity contribution in [2.45, 2.75) is 57.2 Å². The first-order valence-electron chi connectivity index (χ1n) is 7.46. The molecule has 0 spiro atoms. The summed E-state index contributed by atoms with van der Waals surface area (Å²) < 4.78 is 0. The van der Waals surface area contributed by atoms with Gasteiger partial charge < -0.3 is 15.3 Å². The number of hydrogen-bond acceptors (Lipinski definition) is 3. The van der Waals surface area contributed by atoms with E-state index in [1.165, 1.54) is 12.8 Å². The van der Waals surface area contributed by atoms with Crippen LogP contribution in [0.5, 0.6) is 0 Å². The van der Waals surface area contributed by atoms with Crippen LogP contribution in [0.25, 0.3) is 0 Å². The Morgan fingerprint density at radius 3 is 2.70 bits per heavy atom. The Kier molecular flexibility index (Phi) is 4.86. The van der Waals surface area contributed by atoms with E-state index in [1.807, 2.05) is 11.8 Å². The van der Waals surface area contributed by atoms with Crippen LogP contribution in [0.4, 0.5) is 4.79 Å². The van der Waals surface area contributed by atoms with Crippen LogP contribution in [0.3, 0.4) is 0 Å². The average Bonchev–Trinajstić information content (AvgIpc) is 2.60. The molecule has 2 N–H and O–H groups in total. The highest BCUT2D eigenvalue weighted by atomic mass is 16.4. The third-order valence-electron chi connectivity index (χ3n) is 4.60. The number of carboxylic acid groups (broad SMARTS) is 1. The van der Waals surface area contributed by atoms with E-state index in [2.05, 4.69) is 17.3 Å². The van der Waals surface area contributed by atoms with E-state index in [0.29, 0.717) is 18.5 Å².